The largest absolute Gasteiger partial charge is 0.298 e. The van der Waals surface area contributed by atoms with E-state index in [1.165, 1.54) is 12.1 Å². The van der Waals surface area contributed by atoms with Crippen LogP contribution < -0.4 is 0 Å². The smallest absolute Gasteiger partial charge is 0.153 e. The first kappa shape index (κ1) is 12.5. The van der Waals surface area contributed by atoms with E-state index in [1.54, 1.807) is 10.7 Å². The summed E-state index contributed by atoms with van der Waals surface area (Å²) in [5, 5.41) is 4.33. The Balaban J connectivity index is 2.37. The van der Waals surface area contributed by atoms with Crippen molar-refractivity contribution < 1.29 is 9.18 Å². The molecule has 0 N–H and O–H groups in total. The molecule has 18 heavy (non-hydrogen) atoms. The number of carbonyl (C=O) groups is 1. The van der Waals surface area contributed by atoms with Crippen molar-refractivity contribution in [2.24, 2.45) is 0 Å². The number of rotatable bonds is 3. The fourth-order valence-corrected chi connectivity index (χ4v) is 2.03. The zero-order chi connectivity index (χ0) is 13.3. The molecule has 2 rings (SSSR count). The van der Waals surface area contributed by atoms with Crippen molar-refractivity contribution in [3.63, 3.8) is 0 Å². The first-order valence-electron chi connectivity index (χ1n) is 5.77. The molecule has 3 nitrogen and oxygen atoms in total. The third-order valence-corrected chi connectivity index (χ3v) is 3.18. The zero-order valence-corrected chi connectivity index (χ0v) is 10.7. The molecule has 0 unspecified atom stereocenters. The van der Waals surface area contributed by atoms with Gasteiger partial charge in [0.25, 0.3) is 0 Å². The number of aryl methyl sites for hydroxylation is 2. The minimum absolute atomic E-state index is 0.238. The van der Waals surface area contributed by atoms with Gasteiger partial charge in [-0.05, 0) is 44.0 Å². The van der Waals surface area contributed by atoms with Crippen LogP contribution in [0.1, 0.15) is 32.9 Å². The van der Waals surface area contributed by atoms with Crippen LogP contribution in [-0.2, 0) is 6.54 Å². The summed E-state index contributed by atoms with van der Waals surface area (Å²) < 4.78 is 14.8. The molecule has 0 aliphatic heterocycles. The van der Waals surface area contributed by atoms with Crippen LogP contribution in [0.4, 0.5) is 4.39 Å². The summed E-state index contributed by atoms with van der Waals surface area (Å²) >= 11 is 0. The second-order valence-corrected chi connectivity index (χ2v) is 4.43. The summed E-state index contributed by atoms with van der Waals surface area (Å²) in [6.45, 7) is 6.09. The van der Waals surface area contributed by atoms with E-state index in [4.69, 9.17) is 0 Å². The van der Waals surface area contributed by atoms with E-state index in [0.717, 1.165) is 28.8 Å². The predicted octanol–water partition coefficient (Wildman–Crippen LogP) is 2.81. The third kappa shape index (κ3) is 2.18. The average Bonchev–Trinajstić information content (AvgIpc) is 2.58. The first-order chi connectivity index (χ1) is 8.52. The van der Waals surface area contributed by atoms with Crippen molar-refractivity contribution >= 4 is 6.29 Å². The van der Waals surface area contributed by atoms with E-state index in [1.807, 2.05) is 20.8 Å². The minimum atomic E-state index is -0.238. The summed E-state index contributed by atoms with van der Waals surface area (Å²) in [5.74, 6) is -0.238. The highest BCUT2D eigenvalue weighted by Crippen LogP contribution is 2.15. The first-order valence-corrected chi connectivity index (χ1v) is 5.77. The molecule has 0 spiro atoms. The Bertz CT molecular complexity index is 602. The number of hydrogen-bond donors (Lipinski definition) is 0. The topological polar surface area (TPSA) is 34.9 Å². The number of hydrogen-bond acceptors (Lipinski definition) is 2. The van der Waals surface area contributed by atoms with Gasteiger partial charge in [-0.25, -0.2) is 4.39 Å². The van der Waals surface area contributed by atoms with E-state index in [-0.39, 0.29) is 5.82 Å². The molecule has 0 fully saturated rings. The van der Waals surface area contributed by atoms with Gasteiger partial charge in [0.2, 0.25) is 0 Å². The lowest BCUT2D eigenvalue weighted by atomic mass is 10.1. The van der Waals surface area contributed by atoms with E-state index in [0.29, 0.717) is 12.1 Å². The number of aldehydes is 1. The van der Waals surface area contributed by atoms with Gasteiger partial charge in [0.1, 0.15) is 5.82 Å². The Morgan fingerprint density at radius 2 is 2.06 bits per heavy atom. The molecular formula is C14H15FN2O. The SMILES string of the molecule is Cc1cc(F)ccc1Cn1nc(C)c(C=O)c1C. The van der Waals surface area contributed by atoms with Crippen molar-refractivity contribution in [2.45, 2.75) is 27.3 Å². The van der Waals surface area contributed by atoms with E-state index in [9.17, 15) is 9.18 Å². The number of aromatic nitrogens is 2. The summed E-state index contributed by atoms with van der Waals surface area (Å²) in [5.41, 5.74) is 4.08. The minimum Gasteiger partial charge on any atom is -0.298 e. The quantitative estimate of drug-likeness (QED) is 0.780. The molecule has 2 aromatic rings. The Morgan fingerprint density at radius 1 is 1.33 bits per heavy atom. The van der Waals surface area contributed by atoms with E-state index in [2.05, 4.69) is 5.10 Å². The Labute approximate surface area is 105 Å². The van der Waals surface area contributed by atoms with Gasteiger partial charge >= 0.3 is 0 Å². The monoisotopic (exact) mass is 246 g/mol. The van der Waals surface area contributed by atoms with Crippen LogP contribution in [0, 0.1) is 26.6 Å². The van der Waals surface area contributed by atoms with Crippen molar-refractivity contribution in [3.8, 4) is 0 Å². The lowest BCUT2D eigenvalue weighted by Gasteiger charge is -2.08. The van der Waals surface area contributed by atoms with Gasteiger partial charge in [0.15, 0.2) is 6.29 Å². The standard InChI is InChI=1S/C14H15FN2O/c1-9-6-13(15)5-4-12(9)7-17-11(3)14(8-18)10(2)16-17/h4-6,8H,7H2,1-3H3. The van der Waals surface area contributed by atoms with Gasteiger partial charge in [-0.3, -0.25) is 9.48 Å². The summed E-state index contributed by atoms with van der Waals surface area (Å²) in [6.07, 6.45) is 0.825. The maximum atomic E-state index is 13.0. The second kappa shape index (κ2) is 4.72. The molecule has 0 aliphatic rings. The van der Waals surface area contributed by atoms with E-state index >= 15 is 0 Å². The molecule has 0 bridgehead atoms. The maximum absolute atomic E-state index is 13.0. The molecule has 0 amide bonds. The third-order valence-electron chi connectivity index (χ3n) is 3.18. The highest BCUT2D eigenvalue weighted by Gasteiger charge is 2.11. The molecule has 1 heterocycles. The van der Waals surface area contributed by atoms with Crippen LogP contribution >= 0.6 is 0 Å². The zero-order valence-electron chi connectivity index (χ0n) is 10.7. The maximum Gasteiger partial charge on any atom is 0.153 e. The van der Waals surface area contributed by atoms with Gasteiger partial charge < -0.3 is 0 Å². The fourth-order valence-electron chi connectivity index (χ4n) is 2.03. The van der Waals surface area contributed by atoms with Gasteiger partial charge in [0, 0.05) is 5.69 Å². The van der Waals surface area contributed by atoms with Gasteiger partial charge in [-0.1, -0.05) is 6.07 Å². The Morgan fingerprint density at radius 3 is 2.61 bits per heavy atom. The molecule has 0 atom stereocenters. The van der Waals surface area contributed by atoms with Gasteiger partial charge in [-0.2, -0.15) is 5.10 Å². The molecule has 1 aromatic carbocycles. The summed E-state index contributed by atoms with van der Waals surface area (Å²) in [4.78, 5) is 10.9. The molecule has 1 aromatic heterocycles. The molecular weight excluding hydrogens is 231 g/mol. The highest BCUT2D eigenvalue weighted by atomic mass is 19.1. The Hall–Kier alpha value is -1.97. The van der Waals surface area contributed by atoms with Crippen LogP contribution in [0.25, 0.3) is 0 Å². The average molecular weight is 246 g/mol. The van der Waals surface area contributed by atoms with Crippen LogP contribution in [-0.4, -0.2) is 16.1 Å². The highest BCUT2D eigenvalue weighted by molar-refractivity contribution is 5.78. The fraction of sp³-hybridized carbons (Fsp3) is 0.286. The van der Waals surface area contributed by atoms with E-state index < -0.39 is 0 Å². The van der Waals surface area contributed by atoms with Gasteiger partial charge in [0.05, 0.1) is 17.8 Å². The normalized spacial score (nSPS) is 10.7. The predicted molar refractivity (Wildman–Crippen MR) is 67.3 cm³/mol. The van der Waals surface area contributed by atoms with Crippen LogP contribution in [0.15, 0.2) is 18.2 Å². The van der Waals surface area contributed by atoms with Crippen molar-refractivity contribution in [1.29, 1.82) is 0 Å². The molecule has 4 heteroatoms. The lowest BCUT2D eigenvalue weighted by Crippen LogP contribution is -2.06. The van der Waals surface area contributed by atoms with Crippen LogP contribution in [0.2, 0.25) is 0 Å². The molecule has 0 radical (unpaired) electrons. The van der Waals surface area contributed by atoms with Crippen LogP contribution in [0.5, 0.6) is 0 Å². The Kier molecular flexibility index (Phi) is 3.28. The summed E-state index contributed by atoms with van der Waals surface area (Å²) in [6, 6.07) is 4.69. The van der Waals surface area contributed by atoms with Crippen molar-refractivity contribution in [3.05, 3.63) is 52.1 Å². The van der Waals surface area contributed by atoms with Crippen molar-refractivity contribution in [2.75, 3.05) is 0 Å². The van der Waals surface area contributed by atoms with Gasteiger partial charge in [-0.15, -0.1) is 0 Å². The molecule has 94 valence electrons. The summed E-state index contributed by atoms with van der Waals surface area (Å²) in [7, 11) is 0. The molecule has 0 saturated heterocycles. The van der Waals surface area contributed by atoms with Crippen molar-refractivity contribution in [1.82, 2.24) is 9.78 Å². The molecule has 0 aliphatic carbocycles. The van der Waals surface area contributed by atoms with Crippen LogP contribution in [0.3, 0.4) is 0 Å². The molecule has 0 saturated carbocycles. The number of benzene rings is 1. The second-order valence-electron chi connectivity index (χ2n) is 4.43. The number of halogens is 1. The number of carbonyl (C=O) groups excluding carboxylic acids is 1. The number of nitrogens with zero attached hydrogens (tertiary/aromatic N) is 2. The lowest BCUT2D eigenvalue weighted by molar-refractivity contribution is 0.112.